The van der Waals surface area contributed by atoms with Gasteiger partial charge in [0.05, 0.1) is 17.0 Å². The Morgan fingerprint density at radius 2 is 1.89 bits per heavy atom. The Labute approximate surface area is 208 Å². The van der Waals surface area contributed by atoms with Crippen molar-refractivity contribution in [2.75, 3.05) is 4.31 Å². The number of fused-ring (bicyclic) bond motifs is 1. The number of benzene rings is 2. The first kappa shape index (κ1) is 23.5. The summed E-state index contributed by atoms with van der Waals surface area (Å²) in [5.41, 5.74) is 6.59. The lowest BCUT2D eigenvalue weighted by Gasteiger charge is -2.26. The van der Waals surface area contributed by atoms with Gasteiger partial charge in [-0.1, -0.05) is 55.8 Å². The molecule has 5 rings (SSSR count). The van der Waals surface area contributed by atoms with Crippen molar-refractivity contribution in [3.05, 3.63) is 83.7 Å². The molecule has 1 aliphatic rings. The van der Waals surface area contributed by atoms with Crippen molar-refractivity contribution in [2.24, 2.45) is 5.92 Å². The van der Waals surface area contributed by atoms with Gasteiger partial charge in [-0.2, -0.15) is 0 Å². The van der Waals surface area contributed by atoms with Crippen LogP contribution in [0.25, 0.3) is 22.2 Å². The Kier molecular flexibility index (Phi) is 6.54. The molecule has 0 saturated heterocycles. The van der Waals surface area contributed by atoms with E-state index in [4.69, 9.17) is 0 Å². The predicted octanol–water partition coefficient (Wildman–Crippen LogP) is 5.55. The van der Waals surface area contributed by atoms with Crippen LogP contribution in [0.1, 0.15) is 43.0 Å². The molecule has 0 N–H and O–H groups in total. The van der Waals surface area contributed by atoms with Crippen molar-refractivity contribution in [3.8, 4) is 11.1 Å². The standard InChI is InChI=1S/C28H29N3O3S/c1-3-6-23-17-25-19(2)15-16-29-27(25)30(23)18-20-9-11-21(12-10-20)24-7-4-5-8-26(24)31(35(33)34)28(32)22-13-14-22/h4-5,7-12,15-17,22H,3,6,13-14,18H2,1-2H3,(H,33,34)/p-1. The van der Waals surface area contributed by atoms with E-state index in [2.05, 4.69) is 41.6 Å². The number of rotatable bonds is 8. The summed E-state index contributed by atoms with van der Waals surface area (Å²) in [7, 11) is 0. The number of aryl methyl sites for hydroxylation is 2. The van der Waals surface area contributed by atoms with E-state index in [1.807, 2.05) is 36.5 Å². The lowest BCUT2D eigenvalue weighted by atomic mass is 10.0. The SMILES string of the molecule is CCCc1cc2c(C)ccnc2n1Cc1ccc(-c2ccccc2N(C(=O)C2CC2)S(=O)[O-])cc1. The zero-order valence-corrected chi connectivity index (χ0v) is 20.8. The first-order valence-corrected chi connectivity index (χ1v) is 13.1. The van der Waals surface area contributed by atoms with Crippen molar-refractivity contribution in [1.82, 2.24) is 9.55 Å². The molecule has 0 aliphatic heterocycles. The average molecular weight is 487 g/mol. The third-order valence-corrected chi connectivity index (χ3v) is 7.29. The molecule has 1 fully saturated rings. The van der Waals surface area contributed by atoms with Crippen LogP contribution in [0.5, 0.6) is 0 Å². The van der Waals surface area contributed by atoms with Crippen molar-refractivity contribution < 1.29 is 13.6 Å². The number of hydrogen-bond donors (Lipinski definition) is 0. The van der Waals surface area contributed by atoms with E-state index in [1.165, 1.54) is 16.6 Å². The Morgan fingerprint density at radius 3 is 2.57 bits per heavy atom. The maximum Gasteiger partial charge on any atom is 0.241 e. The molecule has 0 bridgehead atoms. The maximum atomic E-state index is 12.7. The van der Waals surface area contributed by atoms with Crippen molar-refractivity contribution in [1.29, 1.82) is 0 Å². The zero-order chi connectivity index (χ0) is 24.5. The monoisotopic (exact) mass is 486 g/mol. The van der Waals surface area contributed by atoms with Crippen LogP contribution in [0, 0.1) is 12.8 Å². The topological polar surface area (TPSA) is 78.3 Å². The number of amides is 1. The third-order valence-electron chi connectivity index (χ3n) is 6.61. The predicted molar refractivity (Wildman–Crippen MR) is 139 cm³/mol. The van der Waals surface area contributed by atoms with E-state index < -0.39 is 11.3 Å². The molecular formula is C28H28N3O3S-. The minimum atomic E-state index is -2.67. The van der Waals surface area contributed by atoms with Gasteiger partial charge in [0.15, 0.2) is 0 Å². The van der Waals surface area contributed by atoms with Crippen LogP contribution in [0.2, 0.25) is 0 Å². The normalized spacial score (nSPS) is 14.3. The van der Waals surface area contributed by atoms with Gasteiger partial charge in [-0.3, -0.25) is 9.00 Å². The van der Waals surface area contributed by atoms with Gasteiger partial charge < -0.3 is 9.12 Å². The number of anilines is 1. The van der Waals surface area contributed by atoms with Crippen LogP contribution in [0.15, 0.2) is 66.9 Å². The van der Waals surface area contributed by atoms with E-state index >= 15 is 0 Å². The highest BCUT2D eigenvalue weighted by Gasteiger charge is 2.35. The van der Waals surface area contributed by atoms with E-state index in [0.717, 1.165) is 46.8 Å². The second-order valence-corrected chi connectivity index (χ2v) is 9.97. The molecule has 1 unspecified atom stereocenters. The number of pyridine rings is 1. The lowest BCUT2D eigenvalue weighted by Crippen LogP contribution is -2.34. The second-order valence-electron chi connectivity index (χ2n) is 9.18. The number of carbonyl (C=O) groups is 1. The van der Waals surface area contributed by atoms with E-state index in [0.29, 0.717) is 17.8 Å². The molecule has 2 aromatic carbocycles. The van der Waals surface area contributed by atoms with Gasteiger partial charge in [0.25, 0.3) is 0 Å². The molecule has 0 spiro atoms. The summed E-state index contributed by atoms with van der Waals surface area (Å²) in [4.78, 5) is 17.4. The molecule has 1 atom stereocenters. The summed E-state index contributed by atoms with van der Waals surface area (Å²) in [6.45, 7) is 5.00. The molecule has 1 saturated carbocycles. The fraction of sp³-hybridized carbons (Fsp3) is 0.286. The summed E-state index contributed by atoms with van der Waals surface area (Å²) in [5, 5.41) is 1.19. The van der Waals surface area contributed by atoms with Crippen LogP contribution < -0.4 is 4.31 Å². The highest BCUT2D eigenvalue weighted by Crippen LogP contribution is 2.37. The van der Waals surface area contributed by atoms with Gasteiger partial charge in [0.2, 0.25) is 5.91 Å². The van der Waals surface area contributed by atoms with E-state index in [1.54, 1.807) is 12.1 Å². The van der Waals surface area contributed by atoms with Crippen LogP contribution in [0.3, 0.4) is 0 Å². The van der Waals surface area contributed by atoms with Crippen LogP contribution >= 0.6 is 0 Å². The molecule has 4 aromatic rings. The van der Waals surface area contributed by atoms with E-state index in [9.17, 15) is 13.6 Å². The van der Waals surface area contributed by atoms with Crippen LogP contribution in [0.4, 0.5) is 5.69 Å². The summed E-state index contributed by atoms with van der Waals surface area (Å²) >= 11 is -2.67. The van der Waals surface area contributed by atoms with Gasteiger partial charge in [-0.15, -0.1) is 0 Å². The fourth-order valence-electron chi connectivity index (χ4n) is 4.60. The van der Waals surface area contributed by atoms with Gasteiger partial charge in [-0.05, 0) is 61.1 Å². The minimum Gasteiger partial charge on any atom is -0.755 e. The maximum absolute atomic E-state index is 12.7. The van der Waals surface area contributed by atoms with Gasteiger partial charge in [0.1, 0.15) is 5.65 Å². The number of nitrogens with zero attached hydrogens (tertiary/aromatic N) is 3. The van der Waals surface area contributed by atoms with Crippen molar-refractivity contribution in [2.45, 2.75) is 46.1 Å². The molecule has 35 heavy (non-hydrogen) atoms. The number of para-hydroxylation sites is 1. The van der Waals surface area contributed by atoms with Gasteiger partial charge >= 0.3 is 0 Å². The highest BCUT2D eigenvalue weighted by atomic mass is 32.2. The number of aromatic nitrogens is 2. The fourth-order valence-corrected chi connectivity index (χ4v) is 5.22. The Hall–Kier alpha value is -3.29. The molecular weight excluding hydrogens is 458 g/mol. The van der Waals surface area contributed by atoms with Crippen LogP contribution in [-0.2, 0) is 29.0 Å². The summed E-state index contributed by atoms with van der Waals surface area (Å²) < 4.78 is 27.2. The molecule has 1 amide bonds. The zero-order valence-electron chi connectivity index (χ0n) is 19.9. The Bertz CT molecular complexity index is 1410. The number of hydrogen-bond acceptors (Lipinski definition) is 4. The summed E-state index contributed by atoms with van der Waals surface area (Å²) in [5.74, 6) is -0.553. The molecule has 6 nitrogen and oxygen atoms in total. The Morgan fingerprint density at radius 1 is 1.14 bits per heavy atom. The molecule has 2 aromatic heterocycles. The van der Waals surface area contributed by atoms with Gasteiger partial charge in [0, 0.05) is 35.3 Å². The smallest absolute Gasteiger partial charge is 0.241 e. The Balaban J connectivity index is 1.47. The molecule has 180 valence electrons. The first-order valence-electron chi connectivity index (χ1n) is 12.0. The molecule has 2 heterocycles. The highest BCUT2D eigenvalue weighted by molar-refractivity contribution is 7.81. The minimum absolute atomic E-state index is 0.200. The number of carbonyl (C=O) groups excluding carboxylic acids is 1. The second kappa shape index (κ2) is 9.76. The van der Waals surface area contributed by atoms with Crippen molar-refractivity contribution >= 4 is 33.9 Å². The summed E-state index contributed by atoms with van der Waals surface area (Å²) in [6, 6.07) is 19.6. The lowest BCUT2D eigenvalue weighted by molar-refractivity contribution is -0.118. The third kappa shape index (κ3) is 4.66. The van der Waals surface area contributed by atoms with Crippen LogP contribution in [-0.4, -0.2) is 24.2 Å². The molecule has 0 radical (unpaired) electrons. The quantitative estimate of drug-likeness (QED) is 0.306. The van der Waals surface area contributed by atoms with Gasteiger partial charge in [-0.25, -0.2) is 9.29 Å². The first-order chi connectivity index (χ1) is 17.0. The largest absolute Gasteiger partial charge is 0.755 e. The average Bonchev–Trinajstić information content (AvgIpc) is 3.65. The molecule has 7 heteroatoms. The summed E-state index contributed by atoms with van der Waals surface area (Å²) in [6.07, 6.45) is 5.39. The van der Waals surface area contributed by atoms with Crippen molar-refractivity contribution in [3.63, 3.8) is 0 Å². The van der Waals surface area contributed by atoms with E-state index in [-0.39, 0.29) is 11.8 Å². The molecule has 1 aliphatic carbocycles.